The zero-order valence-corrected chi connectivity index (χ0v) is 14.3. The second-order valence-electron chi connectivity index (χ2n) is 5.76. The number of carbonyl (C=O) groups is 2. The lowest BCUT2D eigenvalue weighted by Crippen LogP contribution is -2.14. The van der Waals surface area contributed by atoms with E-state index in [1.165, 1.54) is 12.4 Å². The molecular weight excluding hydrogens is 364 g/mol. The third kappa shape index (κ3) is 3.51. The Morgan fingerprint density at radius 1 is 0.643 bits per heavy atom. The number of rotatable bonds is 2. The molecule has 0 atom stereocenters. The summed E-state index contributed by atoms with van der Waals surface area (Å²) < 4.78 is 0. The molecule has 8 heteroatoms. The van der Waals surface area contributed by atoms with Crippen LogP contribution >= 0.6 is 0 Å². The van der Waals surface area contributed by atoms with Gasteiger partial charge in [0.2, 0.25) is 10.9 Å². The van der Waals surface area contributed by atoms with Crippen molar-refractivity contribution < 1.29 is 19.8 Å². The summed E-state index contributed by atoms with van der Waals surface area (Å²) >= 11 is 0. The van der Waals surface area contributed by atoms with Crippen LogP contribution in [0.3, 0.4) is 0 Å². The number of hydrogen-bond donors (Lipinski definition) is 4. The van der Waals surface area contributed by atoms with Crippen LogP contribution in [0.25, 0.3) is 21.8 Å². The zero-order chi connectivity index (χ0) is 20.3. The number of carboxylic acids is 2. The highest BCUT2D eigenvalue weighted by Crippen LogP contribution is 2.07. The lowest BCUT2D eigenvalue weighted by Gasteiger charge is -1.98. The Morgan fingerprint density at radius 2 is 1.00 bits per heavy atom. The van der Waals surface area contributed by atoms with E-state index in [0.717, 1.165) is 0 Å². The second-order valence-corrected chi connectivity index (χ2v) is 5.76. The molecular formula is C20H14N2O6. The van der Waals surface area contributed by atoms with Gasteiger partial charge in [-0.15, -0.1) is 0 Å². The van der Waals surface area contributed by atoms with Crippen molar-refractivity contribution in [3.63, 3.8) is 0 Å². The van der Waals surface area contributed by atoms with Gasteiger partial charge in [-0.25, -0.2) is 9.59 Å². The lowest BCUT2D eigenvalue weighted by molar-refractivity contribution is 0.0684. The molecule has 0 aliphatic carbocycles. The van der Waals surface area contributed by atoms with Gasteiger partial charge in [-0.3, -0.25) is 9.59 Å². The number of benzene rings is 2. The molecule has 4 rings (SSSR count). The normalized spacial score (nSPS) is 10.3. The number of H-pyrrole nitrogens is 2. The topological polar surface area (TPSA) is 140 Å². The average molecular weight is 378 g/mol. The van der Waals surface area contributed by atoms with Crippen LogP contribution in [0, 0.1) is 0 Å². The summed E-state index contributed by atoms with van der Waals surface area (Å²) in [5.41, 5.74) is -0.0869. The van der Waals surface area contributed by atoms with Crippen molar-refractivity contribution in [1.29, 1.82) is 0 Å². The van der Waals surface area contributed by atoms with Gasteiger partial charge in [-0.2, -0.15) is 0 Å². The molecule has 0 spiro atoms. The average Bonchev–Trinajstić information content (AvgIpc) is 2.69. The summed E-state index contributed by atoms with van der Waals surface area (Å²) in [6, 6.07) is 13.6. The van der Waals surface area contributed by atoms with Crippen LogP contribution < -0.4 is 10.9 Å². The Kier molecular flexibility index (Phi) is 5.03. The Bertz CT molecular complexity index is 1220. The molecule has 4 aromatic rings. The molecule has 0 unspecified atom stereocenters. The molecule has 2 heterocycles. The molecule has 0 aliphatic heterocycles. The van der Waals surface area contributed by atoms with E-state index in [9.17, 15) is 19.2 Å². The van der Waals surface area contributed by atoms with Crippen molar-refractivity contribution >= 4 is 33.7 Å². The van der Waals surface area contributed by atoms with E-state index in [0.29, 0.717) is 21.8 Å². The largest absolute Gasteiger partial charge is 0.477 e. The quantitative estimate of drug-likeness (QED) is 0.422. The molecule has 0 radical (unpaired) electrons. The van der Waals surface area contributed by atoms with E-state index in [1.807, 2.05) is 0 Å². The summed E-state index contributed by atoms with van der Waals surface area (Å²) in [5.74, 6) is -2.42. The predicted octanol–water partition coefficient (Wildman–Crippen LogP) is 2.45. The lowest BCUT2D eigenvalue weighted by atomic mass is 10.1. The van der Waals surface area contributed by atoms with Crippen LogP contribution in [0.15, 0.2) is 70.5 Å². The zero-order valence-electron chi connectivity index (χ0n) is 14.3. The molecule has 2 aromatic heterocycles. The molecule has 0 amide bonds. The number of nitrogens with one attached hydrogen (secondary N) is 2. The smallest absolute Gasteiger partial charge is 0.341 e. The first kappa shape index (κ1) is 18.6. The third-order valence-corrected chi connectivity index (χ3v) is 4.04. The Hall–Kier alpha value is -4.20. The molecule has 0 saturated carbocycles. The van der Waals surface area contributed by atoms with E-state index < -0.39 is 22.8 Å². The van der Waals surface area contributed by atoms with Crippen LogP contribution in [0.4, 0.5) is 0 Å². The molecule has 2 aromatic carbocycles. The molecule has 8 nitrogen and oxygen atoms in total. The molecule has 4 N–H and O–H groups in total. The summed E-state index contributed by atoms with van der Waals surface area (Å²) in [6.07, 6.45) is 2.43. The van der Waals surface area contributed by atoms with Crippen molar-refractivity contribution in [3.05, 3.63) is 92.5 Å². The number of pyridine rings is 2. The Morgan fingerprint density at radius 3 is 1.36 bits per heavy atom. The fraction of sp³-hybridized carbons (Fsp3) is 0. The van der Waals surface area contributed by atoms with Gasteiger partial charge in [0.25, 0.3) is 0 Å². The van der Waals surface area contributed by atoms with Crippen molar-refractivity contribution in [2.45, 2.75) is 0 Å². The Balaban J connectivity index is 0.000000161. The maximum atomic E-state index is 11.6. The molecule has 0 bridgehead atoms. The third-order valence-electron chi connectivity index (χ3n) is 4.04. The van der Waals surface area contributed by atoms with Crippen LogP contribution in [0.1, 0.15) is 20.7 Å². The van der Waals surface area contributed by atoms with Crippen LogP contribution in [-0.2, 0) is 0 Å². The number of para-hydroxylation sites is 2. The number of aromatic carboxylic acids is 2. The molecule has 0 saturated heterocycles. The van der Waals surface area contributed by atoms with Gasteiger partial charge in [-0.05, 0) is 24.3 Å². The summed E-state index contributed by atoms with van der Waals surface area (Å²) in [4.78, 5) is 50.0. The fourth-order valence-electron chi connectivity index (χ4n) is 2.65. The number of carboxylic acid groups (broad SMARTS) is 2. The highest BCUT2D eigenvalue weighted by molar-refractivity contribution is 5.92. The SMILES string of the molecule is O=C(O)c1c[nH]c2ccccc2c1=O.O=C(O)c1c[nH]c2ccccc2c1=O. The maximum absolute atomic E-state index is 11.6. The van der Waals surface area contributed by atoms with E-state index in [2.05, 4.69) is 9.97 Å². The van der Waals surface area contributed by atoms with Gasteiger partial charge in [0, 0.05) is 34.2 Å². The molecule has 0 fully saturated rings. The van der Waals surface area contributed by atoms with Gasteiger partial charge in [0.1, 0.15) is 11.1 Å². The summed E-state index contributed by atoms with van der Waals surface area (Å²) in [5, 5.41) is 18.2. The Labute approximate surface area is 156 Å². The van der Waals surface area contributed by atoms with Gasteiger partial charge < -0.3 is 20.2 Å². The molecule has 140 valence electrons. The molecule has 28 heavy (non-hydrogen) atoms. The highest BCUT2D eigenvalue weighted by atomic mass is 16.4. The minimum atomic E-state index is -1.21. The first-order valence-electron chi connectivity index (χ1n) is 8.07. The number of hydrogen-bond acceptors (Lipinski definition) is 4. The summed E-state index contributed by atoms with van der Waals surface area (Å²) in [6.45, 7) is 0. The van der Waals surface area contributed by atoms with E-state index >= 15 is 0 Å². The van der Waals surface area contributed by atoms with Crippen molar-refractivity contribution in [2.75, 3.05) is 0 Å². The monoisotopic (exact) mass is 378 g/mol. The van der Waals surface area contributed by atoms with E-state index in [4.69, 9.17) is 10.2 Å². The summed E-state index contributed by atoms with van der Waals surface area (Å²) in [7, 11) is 0. The van der Waals surface area contributed by atoms with Crippen molar-refractivity contribution in [2.24, 2.45) is 0 Å². The number of aromatic nitrogens is 2. The van der Waals surface area contributed by atoms with Crippen LogP contribution in [0.5, 0.6) is 0 Å². The first-order valence-corrected chi connectivity index (χ1v) is 8.07. The van der Waals surface area contributed by atoms with Gasteiger partial charge in [-0.1, -0.05) is 24.3 Å². The maximum Gasteiger partial charge on any atom is 0.341 e. The number of fused-ring (bicyclic) bond motifs is 2. The minimum absolute atomic E-state index is 0.233. The predicted molar refractivity (Wildman–Crippen MR) is 103 cm³/mol. The standard InChI is InChI=1S/2C10H7NO3/c2*12-9-6-3-1-2-4-8(6)11-5-7(9)10(13)14/h2*1-5H,(H,11,12)(H,13,14). The van der Waals surface area contributed by atoms with Crippen LogP contribution in [0.2, 0.25) is 0 Å². The van der Waals surface area contributed by atoms with E-state index in [-0.39, 0.29) is 11.1 Å². The second kappa shape index (κ2) is 7.58. The highest BCUT2D eigenvalue weighted by Gasteiger charge is 2.11. The van der Waals surface area contributed by atoms with Gasteiger partial charge >= 0.3 is 11.9 Å². The van der Waals surface area contributed by atoms with E-state index in [1.54, 1.807) is 48.5 Å². The minimum Gasteiger partial charge on any atom is -0.477 e. The first-order chi connectivity index (χ1) is 13.4. The van der Waals surface area contributed by atoms with Gasteiger partial charge in [0.15, 0.2) is 0 Å². The number of aromatic amines is 2. The van der Waals surface area contributed by atoms with Crippen LogP contribution in [-0.4, -0.2) is 32.1 Å². The van der Waals surface area contributed by atoms with Crippen molar-refractivity contribution in [1.82, 2.24) is 9.97 Å². The fourth-order valence-corrected chi connectivity index (χ4v) is 2.65. The van der Waals surface area contributed by atoms with Crippen molar-refractivity contribution in [3.8, 4) is 0 Å². The van der Waals surface area contributed by atoms with Gasteiger partial charge in [0.05, 0.1) is 0 Å². The molecule has 0 aliphatic rings.